The molecule has 0 atom stereocenters. The number of hydrogen-bond acceptors (Lipinski definition) is 5. The molecule has 2 aliphatic heterocycles. The number of thioether (sulfide) groups is 1. The number of nitrogens with zero attached hydrogens (tertiary/aromatic N) is 2. The van der Waals surface area contributed by atoms with E-state index in [0.717, 1.165) is 5.56 Å². The van der Waals surface area contributed by atoms with Gasteiger partial charge in [0.15, 0.2) is 0 Å². The van der Waals surface area contributed by atoms with Crippen molar-refractivity contribution in [2.75, 3.05) is 32.8 Å². The van der Waals surface area contributed by atoms with Gasteiger partial charge in [0.2, 0.25) is 5.91 Å². The van der Waals surface area contributed by atoms with Crippen molar-refractivity contribution < 1.29 is 14.3 Å². The molecule has 0 aliphatic carbocycles. The first-order valence-corrected chi connectivity index (χ1v) is 9.44. The summed E-state index contributed by atoms with van der Waals surface area (Å²) in [6, 6.07) is 7.97. The standard InChI is InChI=1S/C18H20N2O3S2/c1-13-2-4-14(5-3-13)12-15-17(22)20(18(24)25-15)7-6-16(21)19-8-10-23-11-9-19/h2-5,12H,6-11H2,1H3/b15-12+. The third-order valence-electron chi connectivity index (χ3n) is 4.16. The minimum atomic E-state index is -0.120. The molecule has 0 unspecified atom stereocenters. The largest absolute Gasteiger partial charge is 0.378 e. The van der Waals surface area contributed by atoms with E-state index in [0.29, 0.717) is 42.1 Å². The van der Waals surface area contributed by atoms with Crippen molar-refractivity contribution in [3.8, 4) is 0 Å². The Kier molecular flexibility index (Phi) is 5.88. The minimum absolute atomic E-state index is 0.0415. The van der Waals surface area contributed by atoms with Gasteiger partial charge in [-0.25, -0.2) is 0 Å². The van der Waals surface area contributed by atoms with Crippen LogP contribution >= 0.6 is 24.0 Å². The average molecular weight is 377 g/mol. The maximum absolute atomic E-state index is 12.6. The van der Waals surface area contributed by atoms with E-state index in [1.165, 1.54) is 22.2 Å². The number of carbonyl (C=O) groups excluding carboxylic acids is 2. The first-order chi connectivity index (χ1) is 12.0. The van der Waals surface area contributed by atoms with Crippen LogP contribution in [0.15, 0.2) is 29.2 Å². The van der Waals surface area contributed by atoms with Crippen LogP contribution in [0.25, 0.3) is 6.08 Å². The Hall–Kier alpha value is -1.70. The lowest BCUT2D eigenvalue weighted by Crippen LogP contribution is -2.42. The predicted octanol–water partition coefficient (Wildman–Crippen LogP) is 2.45. The molecule has 2 saturated heterocycles. The highest BCUT2D eigenvalue weighted by molar-refractivity contribution is 8.26. The predicted molar refractivity (Wildman–Crippen MR) is 103 cm³/mol. The summed E-state index contributed by atoms with van der Waals surface area (Å²) in [5.41, 5.74) is 2.14. The van der Waals surface area contributed by atoms with Crippen molar-refractivity contribution in [2.45, 2.75) is 13.3 Å². The fourth-order valence-electron chi connectivity index (χ4n) is 2.69. The molecule has 0 spiro atoms. The van der Waals surface area contributed by atoms with Gasteiger partial charge >= 0.3 is 0 Å². The van der Waals surface area contributed by atoms with E-state index in [1.54, 1.807) is 4.90 Å². The van der Waals surface area contributed by atoms with Gasteiger partial charge in [-0.2, -0.15) is 0 Å². The number of ether oxygens (including phenoxy) is 1. The topological polar surface area (TPSA) is 49.9 Å². The van der Waals surface area contributed by atoms with Gasteiger partial charge in [-0.1, -0.05) is 53.8 Å². The Bertz CT molecular complexity index is 710. The molecule has 5 nitrogen and oxygen atoms in total. The SMILES string of the molecule is Cc1ccc(/C=C2/SC(=S)N(CCC(=O)N3CCOCC3)C2=O)cc1. The minimum Gasteiger partial charge on any atom is -0.378 e. The maximum Gasteiger partial charge on any atom is 0.266 e. The molecule has 1 aromatic rings. The second-order valence-corrected chi connectivity index (χ2v) is 7.66. The van der Waals surface area contributed by atoms with E-state index in [4.69, 9.17) is 17.0 Å². The lowest BCUT2D eigenvalue weighted by molar-refractivity contribution is -0.135. The second-order valence-electron chi connectivity index (χ2n) is 5.99. The molecule has 0 radical (unpaired) electrons. The van der Waals surface area contributed by atoms with Crippen LogP contribution in [0.2, 0.25) is 0 Å². The molecule has 2 amide bonds. The zero-order chi connectivity index (χ0) is 17.8. The highest BCUT2D eigenvalue weighted by atomic mass is 32.2. The number of hydrogen-bond donors (Lipinski definition) is 0. The van der Waals surface area contributed by atoms with E-state index >= 15 is 0 Å². The van der Waals surface area contributed by atoms with Crippen LogP contribution < -0.4 is 0 Å². The molecule has 7 heteroatoms. The first-order valence-electron chi connectivity index (χ1n) is 8.22. The monoisotopic (exact) mass is 376 g/mol. The smallest absolute Gasteiger partial charge is 0.266 e. The van der Waals surface area contributed by atoms with Gasteiger partial charge in [-0.3, -0.25) is 14.5 Å². The fraction of sp³-hybridized carbons (Fsp3) is 0.389. The molecule has 0 bridgehead atoms. The Morgan fingerprint density at radius 3 is 2.64 bits per heavy atom. The summed E-state index contributed by atoms with van der Waals surface area (Å²) in [7, 11) is 0. The van der Waals surface area contributed by atoms with E-state index in [9.17, 15) is 9.59 Å². The number of amides is 2. The number of aryl methyl sites for hydroxylation is 1. The van der Waals surface area contributed by atoms with Crippen LogP contribution in [0.3, 0.4) is 0 Å². The van der Waals surface area contributed by atoms with E-state index in [1.807, 2.05) is 37.3 Å². The summed E-state index contributed by atoms with van der Waals surface area (Å²) in [6.45, 7) is 4.73. The Balaban J connectivity index is 1.61. The fourth-order valence-corrected chi connectivity index (χ4v) is 3.99. The Labute approximate surface area is 157 Å². The molecule has 132 valence electrons. The summed E-state index contributed by atoms with van der Waals surface area (Å²) in [5.74, 6) is -0.0785. The summed E-state index contributed by atoms with van der Waals surface area (Å²) in [5, 5.41) is 0. The molecule has 1 aromatic carbocycles. The van der Waals surface area contributed by atoms with Gasteiger partial charge in [0, 0.05) is 26.1 Å². The van der Waals surface area contributed by atoms with Crippen LogP contribution in [0, 0.1) is 6.92 Å². The molecule has 0 saturated carbocycles. The van der Waals surface area contributed by atoms with E-state index in [2.05, 4.69) is 0 Å². The van der Waals surface area contributed by atoms with E-state index < -0.39 is 0 Å². The third kappa shape index (κ3) is 4.48. The lowest BCUT2D eigenvalue weighted by atomic mass is 10.1. The average Bonchev–Trinajstić information content (AvgIpc) is 2.89. The normalized spacial score (nSPS) is 19.8. The summed E-state index contributed by atoms with van der Waals surface area (Å²) < 4.78 is 5.76. The highest BCUT2D eigenvalue weighted by Gasteiger charge is 2.32. The first kappa shape index (κ1) is 18.1. The molecular formula is C18H20N2O3S2. The second kappa shape index (κ2) is 8.12. The molecule has 0 aromatic heterocycles. The van der Waals surface area contributed by atoms with Gasteiger partial charge in [0.1, 0.15) is 4.32 Å². The molecule has 2 aliphatic rings. The van der Waals surface area contributed by atoms with Crippen LogP contribution in [-0.2, 0) is 14.3 Å². The van der Waals surface area contributed by atoms with Crippen molar-refractivity contribution in [3.63, 3.8) is 0 Å². The summed E-state index contributed by atoms with van der Waals surface area (Å²) in [6.07, 6.45) is 2.13. The third-order valence-corrected chi connectivity index (χ3v) is 5.54. The van der Waals surface area contributed by atoms with E-state index in [-0.39, 0.29) is 18.2 Å². The van der Waals surface area contributed by atoms with Gasteiger partial charge < -0.3 is 9.64 Å². The van der Waals surface area contributed by atoms with Crippen LogP contribution in [0.4, 0.5) is 0 Å². The number of benzene rings is 1. The Morgan fingerprint density at radius 1 is 1.28 bits per heavy atom. The number of carbonyl (C=O) groups is 2. The molecule has 2 fully saturated rings. The lowest BCUT2D eigenvalue weighted by Gasteiger charge is -2.27. The van der Waals surface area contributed by atoms with Crippen LogP contribution in [-0.4, -0.2) is 58.8 Å². The zero-order valence-corrected chi connectivity index (χ0v) is 15.7. The van der Waals surface area contributed by atoms with Crippen LogP contribution in [0.5, 0.6) is 0 Å². The number of morpholine rings is 1. The highest BCUT2D eigenvalue weighted by Crippen LogP contribution is 2.32. The van der Waals surface area contributed by atoms with Gasteiger partial charge in [-0.15, -0.1) is 0 Å². The van der Waals surface area contributed by atoms with Crippen molar-refractivity contribution in [1.29, 1.82) is 0 Å². The summed E-state index contributed by atoms with van der Waals surface area (Å²) >= 11 is 6.61. The molecule has 2 heterocycles. The molecule has 25 heavy (non-hydrogen) atoms. The maximum atomic E-state index is 12.6. The van der Waals surface area contributed by atoms with Crippen molar-refractivity contribution >= 4 is 46.2 Å². The number of rotatable bonds is 4. The molecule has 3 rings (SSSR count). The Morgan fingerprint density at radius 2 is 1.96 bits per heavy atom. The van der Waals surface area contributed by atoms with Gasteiger partial charge in [0.25, 0.3) is 5.91 Å². The van der Waals surface area contributed by atoms with Crippen molar-refractivity contribution in [1.82, 2.24) is 9.80 Å². The van der Waals surface area contributed by atoms with Crippen molar-refractivity contribution in [2.24, 2.45) is 0 Å². The van der Waals surface area contributed by atoms with Gasteiger partial charge in [-0.05, 0) is 18.6 Å². The summed E-state index contributed by atoms with van der Waals surface area (Å²) in [4.78, 5) is 28.7. The van der Waals surface area contributed by atoms with Crippen LogP contribution in [0.1, 0.15) is 17.5 Å². The molecule has 0 N–H and O–H groups in total. The quantitative estimate of drug-likeness (QED) is 0.597. The van der Waals surface area contributed by atoms with Crippen molar-refractivity contribution in [3.05, 3.63) is 40.3 Å². The van der Waals surface area contributed by atoms with Gasteiger partial charge in [0.05, 0.1) is 18.1 Å². The molecular weight excluding hydrogens is 356 g/mol. The zero-order valence-electron chi connectivity index (χ0n) is 14.1. The number of thiocarbonyl (C=S) groups is 1.